The second kappa shape index (κ2) is 9.85. The van der Waals surface area contributed by atoms with E-state index < -0.39 is 0 Å². The molecule has 1 N–H and O–H groups in total. The Balaban J connectivity index is 1.50. The van der Waals surface area contributed by atoms with E-state index in [1.807, 2.05) is 6.92 Å². The molecule has 31 heavy (non-hydrogen) atoms. The summed E-state index contributed by atoms with van der Waals surface area (Å²) in [5.41, 5.74) is 6.06. The molecule has 2 heterocycles. The van der Waals surface area contributed by atoms with Crippen molar-refractivity contribution in [3.8, 4) is 5.69 Å². The van der Waals surface area contributed by atoms with Gasteiger partial charge in [-0.15, -0.1) is 5.10 Å². The monoisotopic (exact) mass is 419 g/mol. The molecular weight excluding hydrogens is 390 g/mol. The first-order valence-corrected chi connectivity index (χ1v) is 10.7. The van der Waals surface area contributed by atoms with Gasteiger partial charge in [0.05, 0.1) is 11.4 Å². The average Bonchev–Trinajstić information content (AvgIpc) is 3.18. The minimum atomic E-state index is -0.196. The molecule has 4 rings (SSSR count). The van der Waals surface area contributed by atoms with Gasteiger partial charge < -0.3 is 10.1 Å². The second-order valence-electron chi connectivity index (χ2n) is 7.90. The molecule has 0 bridgehead atoms. The lowest BCUT2D eigenvalue weighted by Crippen LogP contribution is -2.31. The third-order valence-electron chi connectivity index (χ3n) is 5.72. The van der Waals surface area contributed by atoms with Crippen molar-refractivity contribution in [1.82, 2.24) is 25.2 Å². The predicted molar refractivity (Wildman–Crippen MR) is 119 cm³/mol. The van der Waals surface area contributed by atoms with Gasteiger partial charge in [0.1, 0.15) is 0 Å². The average molecular weight is 420 g/mol. The molecule has 1 amide bonds. The molecule has 1 aliphatic rings. The maximum atomic E-state index is 12.5. The number of amides is 1. The van der Waals surface area contributed by atoms with Crippen LogP contribution in [0, 0.1) is 6.92 Å². The summed E-state index contributed by atoms with van der Waals surface area (Å²) < 4.78 is 6.82. The van der Waals surface area contributed by atoms with Gasteiger partial charge in [-0.25, -0.2) is 4.68 Å². The minimum Gasteiger partial charge on any atom is -0.385 e. The highest BCUT2D eigenvalue weighted by Crippen LogP contribution is 2.27. The highest BCUT2D eigenvalue weighted by atomic mass is 16.5. The van der Waals surface area contributed by atoms with Crippen molar-refractivity contribution in [2.75, 3.05) is 26.8 Å². The van der Waals surface area contributed by atoms with E-state index in [1.165, 1.54) is 16.7 Å². The summed E-state index contributed by atoms with van der Waals surface area (Å²) in [7, 11) is 1.65. The molecule has 162 valence electrons. The van der Waals surface area contributed by atoms with Gasteiger partial charge >= 0.3 is 0 Å². The molecule has 0 atom stereocenters. The van der Waals surface area contributed by atoms with Crippen molar-refractivity contribution in [1.29, 1.82) is 0 Å². The maximum Gasteiger partial charge on any atom is 0.273 e. The Bertz CT molecular complexity index is 1030. The molecule has 0 aliphatic carbocycles. The Morgan fingerprint density at radius 1 is 1.16 bits per heavy atom. The van der Waals surface area contributed by atoms with Crippen LogP contribution < -0.4 is 5.32 Å². The Morgan fingerprint density at radius 3 is 2.81 bits per heavy atom. The van der Waals surface area contributed by atoms with E-state index >= 15 is 0 Å². The van der Waals surface area contributed by atoms with Gasteiger partial charge in [0.15, 0.2) is 5.69 Å². The van der Waals surface area contributed by atoms with E-state index in [2.05, 4.69) is 69.1 Å². The van der Waals surface area contributed by atoms with Crippen LogP contribution in [0.5, 0.6) is 0 Å². The maximum absolute atomic E-state index is 12.5. The molecule has 0 spiro atoms. The number of carbonyl (C=O) groups is 1. The third-order valence-corrected chi connectivity index (χ3v) is 5.72. The van der Waals surface area contributed by atoms with E-state index in [1.54, 1.807) is 11.8 Å². The van der Waals surface area contributed by atoms with Crippen LogP contribution in [0.4, 0.5) is 0 Å². The van der Waals surface area contributed by atoms with Gasteiger partial charge in [0.25, 0.3) is 5.91 Å². The first-order chi connectivity index (χ1) is 15.2. The van der Waals surface area contributed by atoms with Crippen molar-refractivity contribution < 1.29 is 9.53 Å². The van der Waals surface area contributed by atoms with E-state index in [0.717, 1.165) is 43.9 Å². The largest absolute Gasteiger partial charge is 0.385 e. The fraction of sp³-hybridized carbons (Fsp3) is 0.375. The number of fused-ring (bicyclic) bond motifs is 1. The Morgan fingerprint density at radius 2 is 2.00 bits per heavy atom. The van der Waals surface area contributed by atoms with Gasteiger partial charge in [0.2, 0.25) is 0 Å². The molecule has 0 unspecified atom stereocenters. The Labute approximate surface area is 183 Å². The summed E-state index contributed by atoms with van der Waals surface area (Å²) in [6.45, 7) is 5.90. The predicted octanol–water partition coefficient (Wildman–Crippen LogP) is 2.90. The third kappa shape index (κ3) is 4.84. The van der Waals surface area contributed by atoms with E-state index in [4.69, 9.17) is 4.74 Å². The summed E-state index contributed by atoms with van der Waals surface area (Å²) in [5.74, 6) is -0.196. The first-order valence-electron chi connectivity index (χ1n) is 10.7. The van der Waals surface area contributed by atoms with Crippen molar-refractivity contribution in [2.45, 2.75) is 32.9 Å². The summed E-state index contributed by atoms with van der Waals surface area (Å²) in [4.78, 5) is 15.0. The number of hydrogen-bond donors (Lipinski definition) is 1. The zero-order valence-electron chi connectivity index (χ0n) is 18.2. The zero-order valence-corrected chi connectivity index (χ0v) is 18.2. The van der Waals surface area contributed by atoms with Crippen molar-refractivity contribution in [3.05, 3.63) is 76.6 Å². The summed E-state index contributed by atoms with van der Waals surface area (Å²) in [6.07, 6.45) is 1.71. The quantitative estimate of drug-likeness (QED) is 0.569. The molecule has 0 radical (unpaired) electrons. The van der Waals surface area contributed by atoms with Gasteiger partial charge in [-0.05, 0) is 42.5 Å². The Hall–Kier alpha value is -3.03. The van der Waals surface area contributed by atoms with Crippen LogP contribution in [0.15, 0.2) is 48.5 Å². The highest BCUT2D eigenvalue weighted by Gasteiger charge is 2.23. The lowest BCUT2D eigenvalue weighted by Gasteiger charge is -2.30. The number of carbonyl (C=O) groups excluding carboxylic acids is 1. The summed E-state index contributed by atoms with van der Waals surface area (Å²) in [5, 5.41) is 11.4. The fourth-order valence-corrected chi connectivity index (χ4v) is 4.09. The fourth-order valence-electron chi connectivity index (χ4n) is 4.09. The molecule has 3 aromatic rings. The van der Waals surface area contributed by atoms with Crippen LogP contribution in [0.25, 0.3) is 5.69 Å². The van der Waals surface area contributed by atoms with Crippen LogP contribution in [0.1, 0.15) is 39.3 Å². The molecule has 0 saturated carbocycles. The van der Waals surface area contributed by atoms with E-state index in [0.29, 0.717) is 18.8 Å². The van der Waals surface area contributed by atoms with Crippen LogP contribution in [0.3, 0.4) is 0 Å². The van der Waals surface area contributed by atoms with Gasteiger partial charge in [-0.3, -0.25) is 9.69 Å². The van der Waals surface area contributed by atoms with E-state index in [-0.39, 0.29) is 5.91 Å². The molecule has 1 aliphatic heterocycles. The molecule has 7 nitrogen and oxygen atoms in total. The standard InChI is InChI=1S/C24H29N5O2/c1-18-23(24(30)25-13-7-15-31-2)26-27-29(18)22-11-6-10-20-17-28(14-12-21(20)22)16-19-8-4-3-5-9-19/h3-6,8-11H,7,12-17H2,1-2H3,(H,25,30). The summed E-state index contributed by atoms with van der Waals surface area (Å²) >= 11 is 0. The normalized spacial score (nSPS) is 13.7. The zero-order chi connectivity index (χ0) is 21.6. The Kier molecular flexibility index (Phi) is 6.74. The molecule has 0 fully saturated rings. The van der Waals surface area contributed by atoms with E-state index in [9.17, 15) is 4.79 Å². The molecule has 7 heteroatoms. The van der Waals surface area contributed by atoms with Crippen LogP contribution in [0.2, 0.25) is 0 Å². The number of rotatable bonds is 8. The number of nitrogens with one attached hydrogen (secondary N) is 1. The van der Waals surface area contributed by atoms with Gasteiger partial charge in [-0.2, -0.15) is 0 Å². The smallest absolute Gasteiger partial charge is 0.273 e. The van der Waals surface area contributed by atoms with Gasteiger partial charge in [-0.1, -0.05) is 47.7 Å². The van der Waals surface area contributed by atoms with Crippen molar-refractivity contribution in [2.24, 2.45) is 0 Å². The number of hydrogen-bond acceptors (Lipinski definition) is 5. The molecule has 0 saturated heterocycles. The number of nitrogens with zero attached hydrogens (tertiary/aromatic N) is 4. The first kappa shape index (κ1) is 21.2. The molecular formula is C24H29N5O2. The summed E-state index contributed by atoms with van der Waals surface area (Å²) in [6, 6.07) is 16.9. The number of methoxy groups -OCH3 is 1. The van der Waals surface area contributed by atoms with Crippen LogP contribution in [-0.2, 0) is 24.2 Å². The number of aromatic nitrogens is 3. The van der Waals surface area contributed by atoms with Crippen molar-refractivity contribution in [3.63, 3.8) is 0 Å². The van der Waals surface area contributed by atoms with Crippen LogP contribution >= 0.6 is 0 Å². The van der Waals surface area contributed by atoms with Gasteiger partial charge in [0, 0.05) is 39.9 Å². The number of benzene rings is 2. The topological polar surface area (TPSA) is 72.3 Å². The van der Waals surface area contributed by atoms with Crippen molar-refractivity contribution >= 4 is 5.91 Å². The lowest BCUT2D eigenvalue weighted by molar-refractivity contribution is 0.0943. The second-order valence-corrected chi connectivity index (χ2v) is 7.90. The SMILES string of the molecule is COCCCNC(=O)c1nnn(-c2cccc3c2CCN(Cc2ccccc2)C3)c1C. The minimum absolute atomic E-state index is 0.196. The molecule has 1 aromatic heterocycles. The lowest BCUT2D eigenvalue weighted by atomic mass is 9.97. The highest BCUT2D eigenvalue weighted by molar-refractivity contribution is 5.93. The molecule has 2 aromatic carbocycles. The van der Waals surface area contributed by atoms with Crippen LogP contribution in [-0.4, -0.2) is 52.6 Å². The number of ether oxygens (including phenoxy) is 1.